The highest BCUT2D eigenvalue weighted by molar-refractivity contribution is 5.15. The van der Waals surface area contributed by atoms with Crippen LogP contribution in [0.4, 0.5) is 0 Å². The van der Waals surface area contributed by atoms with Crippen molar-refractivity contribution in [1.29, 1.82) is 0 Å². The van der Waals surface area contributed by atoms with Crippen LogP contribution in [0.1, 0.15) is 18.3 Å². The fourth-order valence-corrected chi connectivity index (χ4v) is 1.90. The van der Waals surface area contributed by atoms with Crippen LogP contribution < -0.4 is 10.1 Å². The first-order valence-corrected chi connectivity index (χ1v) is 6.03. The van der Waals surface area contributed by atoms with Crippen LogP contribution >= 0.6 is 0 Å². The van der Waals surface area contributed by atoms with Crippen LogP contribution in [0.5, 0.6) is 5.88 Å². The van der Waals surface area contributed by atoms with Gasteiger partial charge in [0.25, 0.3) is 0 Å². The molecule has 18 heavy (non-hydrogen) atoms. The lowest BCUT2D eigenvalue weighted by Gasteiger charge is -2.05. The maximum Gasteiger partial charge on any atom is 0.211 e. The number of aryl methyl sites for hydroxylation is 2. The molecule has 0 unspecified atom stereocenters. The summed E-state index contributed by atoms with van der Waals surface area (Å²) >= 11 is 0. The second-order valence-corrected chi connectivity index (χ2v) is 4.04. The van der Waals surface area contributed by atoms with Crippen LogP contribution in [-0.4, -0.2) is 26.7 Å². The molecule has 6 heteroatoms. The molecule has 0 saturated heterocycles. The van der Waals surface area contributed by atoms with Crippen molar-refractivity contribution < 1.29 is 4.74 Å². The van der Waals surface area contributed by atoms with Crippen molar-refractivity contribution in [2.45, 2.75) is 26.6 Å². The van der Waals surface area contributed by atoms with Crippen LogP contribution in [0.15, 0.2) is 18.3 Å². The third-order valence-electron chi connectivity index (χ3n) is 2.81. The molecule has 2 heterocycles. The molecule has 1 N–H and O–H groups in total. The Kier molecular flexibility index (Phi) is 3.99. The number of ether oxygens (including phenoxy) is 1. The van der Waals surface area contributed by atoms with Crippen LogP contribution in [-0.2, 0) is 26.7 Å². The molecule has 0 aromatic carbocycles. The lowest BCUT2D eigenvalue weighted by atomic mass is 10.4. The van der Waals surface area contributed by atoms with E-state index < -0.39 is 0 Å². The highest BCUT2D eigenvalue weighted by Gasteiger charge is 2.05. The van der Waals surface area contributed by atoms with E-state index in [0.717, 1.165) is 24.7 Å². The summed E-state index contributed by atoms with van der Waals surface area (Å²) in [5, 5.41) is 11.9. The number of aromatic nitrogens is 4. The summed E-state index contributed by atoms with van der Waals surface area (Å²) in [7, 11) is 3.52. The molecule has 6 nitrogen and oxygen atoms in total. The topological polar surface area (TPSA) is 56.9 Å². The first-order valence-electron chi connectivity index (χ1n) is 6.03. The Morgan fingerprint density at radius 1 is 1.39 bits per heavy atom. The molecule has 2 aromatic rings. The van der Waals surface area contributed by atoms with Crippen molar-refractivity contribution in [2.75, 3.05) is 7.11 Å². The minimum Gasteiger partial charge on any atom is -0.481 e. The smallest absolute Gasteiger partial charge is 0.211 e. The zero-order valence-electron chi connectivity index (χ0n) is 11.1. The normalized spacial score (nSPS) is 10.8. The molecule has 0 atom stereocenters. The average molecular weight is 249 g/mol. The van der Waals surface area contributed by atoms with E-state index in [1.807, 2.05) is 30.1 Å². The molecule has 2 aromatic heterocycles. The Hall–Kier alpha value is -1.82. The summed E-state index contributed by atoms with van der Waals surface area (Å²) in [5.74, 6) is 0.769. The van der Waals surface area contributed by atoms with Crippen LogP contribution in [0.25, 0.3) is 0 Å². The molecule has 0 saturated carbocycles. The zero-order chi connectivity index (χ0) is 13.0. The number of hydrogen-bond acceptors (Lipinski definition) is 4. The van der Waals surface area contributed by atoms with Gasteiger partial charge in [-0.2, -0.15) is 10.2 Å². The molecule has 0 aliphatic heterocycles. The summed E-state index contributed by atoms with van der Waals surface area (Å²) in [6.07, 6.45) is 1.82. The summed E-state index contributed by atoms with van der Waals surface area (Å²) in [4.78, 5) is 0. The van der Waals surface area contributed by atoms with Crippen molar-refractivity contribution in [3.63, 3.8) is 0 Å². The molecular weight excluding hydrogens is 230 g/mol. The van der Waals surface area contributed by atoms with E-state index in [4.69, 9.17) is 4.74 Å². The fourth-order valence-electron chi connectivity index (χ4n) is 1.90. The number of nitrogens with one attached hydrogen (secondary N) is 1. The van der Waals surface area contributed by atoms with Crippen LogP contribution in [0, 0.1) is 0 Å². The van der Waals surface area contributed by atoms with E-state index in [1.54, 1.807) is 11.8 Å². The van der Waals surface area contributed by atoms with Crippen molar-refractivity contribution in [3.8, 4) is 5.88 Å². The fraction of sp³-hybridized carbons (Fsp3) is 0.500. The first-order chi connectivity index (χ1) is 8.74. The number of rotatable bonds is 6. The minimum absolute atomic E-state index is 0.714. The summed E-state index contributed by atoms with van der Waals surface area (Å²) in [6, 6.07) is 3.96. The third-order valence-corrected chi connectivity index (χ3v) is 2.81. The van der Waals surface area contributed by atoms with Gasteiger partial charge in [0.2, 0.25) is 5.88 Å². The van der Waals surface area contributed by atoms with Gasteiger partial charge in [-0.05, 0) is 13.0 Å². The number of nitrogens with zero attached hydrogens (tertiary/aromatic N) is 4. The van der Waals surface area contributed by atoms with Gasteiger partial charge in [0, 0.05) is 38.9 Å². The third kappa shape index (κ3) is 2.70. The van der Waals surface area contributed by atoms with Gasteiger partial charge in [0.15, 0.2) is 0 Å². The monoisotopic (exact) mass is 249 g/mol. The van der Waals surface area contributed by atoms with Gasteiger partial charge in [-0.15, -0.1) is 0 Å². The Morgan fingerprint density at radius 2 is 2.22 bits per heavy atom. The largest absolute Gasteiger partial charge is 0.481 e. The lowest BCUT2D eigenvalue weighted by molar-refractivity contribution is 0.373. The molecule has 2 rings (SSSR count). The first kappa shape index (κ1) is 12.6. The molecule has 98 valence electrons. The Bertz CT molecular complexity index is 502. The number of hydrogen-bond donors (Lipinski definition) is 1. The van der Waals surface area contributed by atoms with Crippen molar-refractivity contribution in [1.82, 2.24) is 24.9 Å². The van der Waals surface area contributed by atoms with Crippen molar-refractivity contribution in [2.24, 2.45) is 7.05 Å². The van der Waals surface area contributed by atoms with Crippen LogP contribution in [0.3, 0.4) is 0 Å². The summed E-state index contributed by atoms with van der Waals surface area (Å²) in [5.41, 5.74) is 2.15. The summed E-state index contributed by atoms with van der Waals surface area (Å²) < 4.78 is 8.88. The zero-order valence-corrected chi connectivity index (χ0v) is 11.1. The van der Waals surface area contributed by atoms with E-state index >= 15 is 0 Å². The average Bonchev–Trinajstić information content (AvgIpc) is 2.95. The van der Waals surface area contributed by atoms with E-state index in [-0.39, 0.29) is 0 Å². The Morgan fingerprint density at radius 3 is 2.89 bits per heavy atom. The molecule has 0 radical (unpaired) electrons. The van der Waals surface area contributed by atoms with Gasteiger partial charge in [0.1, 0.15) is 0 Å². The molecule has 0 aliphatic rings. The molecule has 0 amide bonds. The van der Waals surface area contributed by atoms with Crippen LogP contribution in [0.2, 0.25) is 0 Å². The maximum absolute atomic E-state index is 5.17. The molecule has 0 fully saturated rings. The van der Waals surface area contributed by atoms with Gasteiger partial charge in [-0.3, -0.25) is 4.68 Å². The van der Waals surface area contributed by atoms with E-state index in [2.05, 4.69) is 22.4 Å². The Balaban J connectivity index is 1.88. The second-order valence-electron chi connectivity index (χ2n) is 4.04. The van der Waals surface area contributed by atoms with E-state index in [1.165, 1.54) is 5.69 Å². The maximum atomic E-state index is 5.17. The SMILES string of the molecule is CCn1nccc1CNCc1cc(OC)n(C)n1. The summed E-state index contributed by atoms with van der Waals surface area (Å²) in [6.45, 7) is 4.47. The second kappa shape index (κ2) is 5.68. The van der Waals surface area contributed by atoms with Gasteiger partial charge in [-0.1, -0.05) is 0 Å². The number of methoxy groups -OCH3 is 1. The predicted molar refractivity (Wildman–Crippen MR) is 68.2 cm³/mol. The molecular formula is C12H19N5O. The molecule has 0 bridgehead atoms. The highest BCUT2D eigenvalue weighted by atomic mass is 16.5. The lowest BCUT2D eigenvalue weighted by Crippen LogP contribution is -2.16. The van der Waals surface area contributed by atoms with Gasteiger partial charge >= 0.3 is 0 Å². The quantitative estimate of drug-likeness (QED) is 0.827. The van der Waals surface area contributed by atoms with Gasteiger partial charge in [0.05, 0.1) is 18.5 Å². The van der Waals surface area contributed by atoms with E-state index in [0.29, 0.717) is 6.54 Å². The van der Waals surface area contributed by atoms with Crippen molar-refractivity contribution in [3.05, 3.63) is 29.7 Å². The highest BCUT2D eigenvalue weighted by Crippen LogP contribution is 2.10. The molecule has 0 aliphatic carbocycles. The predicted octanol–water partition coefficient (Wildman–Crippen LogP) is 0.935. The van der Waals surface area contributed by atoms with E-state index in [9.17, 15) is 0 Å². The van der Waals surface area contributed by atoms with Gasteiger partial charge < -0.3 is 10.1 Å². The Labute approximate surface area is 107 Å². The standard InChI is InChI=1S/C12H19N5O/c1-4-17-11(5-6-14-17)9-13-8-10-7-12(18-3)16(2)15-10/h5-7,13H,4,8-9H2,1-3H3. The van der Waals surface area contributed by atoms with Gasteiger partial charge in [-0.25, -0.2) is 4.68 Å². The van der Waals surface area contributed by atoms with Crippen molar-refractivity contribution >= 4 is 0 Å². The molecule has 0 spiro atoms. The minimum atomic E-state index is 0.714.